The Kier molecular flexibility index (Phi) is 5.05. The fourth-order valence-electron chi connectivity index (χ4n) is 3.92. The van der Waals surface area contributed by atoms with Crippen LogP contribution in [-0.4, -0.2) is 62.6 Å². The van der Waals surface area contributed by atoms with Crippen LogP contribution in [0, 0.1) is 6.92 Å². The molecule has 0 saturated carbocycles. The smallest absolute Gasteiger partial charge is 0.255 e. The van der Waals surface area contributed by atoms with Crippen molar-refractivity contribution in [3.05, 3.63) is 47.8 Å². The van der Waals surface area contributed by atoms with Gasteiger partial charge in [-0.15, -0.1) is 0 Å². The van der Waals surface area contributed by atoms with E-state index < -0.39 is 6.04 Å². The first-order chi connectivity index (χ1) is 14.3. The summed E-state index contributed by atoms with van der Waals surface area (Å²) in [6.45, 7) is 8.96. The summed E-state index contributed by atoms with van der Waals surface area (Å²) in [6.07, 6.45) is 3.73. The molecule has 3 heterocycles. The van der Waals surface area contributed by atoms with E-state index in [-0.39, 0.29) is 17.9 Å². The number of aryl methyl sites for hydroxylation is 1. The summed E-state index contributed by atoms with van der Waals surface area (Å²) >= 11 is 0. The third kappa shape index (κ3) is 3.34. The highest BCUT2D eigenvalue weighted by Crippen LogP contribution is 2.29. The molecule has 2 amide bonds. The van der Waals surface area contributed by atoms with Crippen LogP contribution in [0.15, 0.2) is 36.7 Å². The number of benzene rings is 1. The molecule has 0 aliphatic carbocycles. The van der Waals surface area contributed by atoms with Crippen LogP contribution in [0.5, 0.6) is 0 Å². The molecule has 4 rings (SSSR count). The molecule has 30 heavy (non-hydrogen) atoms. The number of piperazine rings is 1. The van der Waals surface area contributed by atoms with Crippen molar-refractivity contribution in [2.24, 2.45) is 0 Å². The van der Waals surface area contributed by atoms with Crippen molar-refractivity contribution in [2.45, 2.75) is 39.8 Å². The minimum atomic E-state index is -0.489. The van der Waals surface area contributed by atoms with Gasteiger partial charge in [-0.1, -0.05) is 18.2 Å². The average molecular weight is 406 g/mol. The number of carbonyl (C=O) groups excluding carboxylic acids is 2. The summed E-state index contributed by atoms with van der Waals surface area (Å²) in [6, 6.07) is 7.43. The Labute approximate surface area is 176 Å². The molecule has 1 saturated heterocycles. The predicted molar refractivity (Wildman–Crippen MR) is 116 cm³/mol. The maximum absolute atomic E-state index is 13.6. The van der Waals surface area contributed by atoms with Crippen molar-refractivity contribution in [3.8, 4) is 11.3 Å². The lowest BCUT2D eigenvalue weighted by Crippen LogP contribution is -2.56. The molecule has 1 atom stereocenters. The van der Waals surface area contributed by atoms with Gasteiger partial charge in [0.05, 0.1) is 23.0 Å². The molecule has 0 unspecified atom stereocenters. The maximum atomic E-state index is 13.6. The highest BCUT2D eigenvalue weighted by atomic mass is 16.2. The molecule has 2 aromatic heterocycles. The van der Waals surface area contributed by atoms with E-state index in [0.717, 1.165) is 22.0 Å². The number of hydrogen-bond acceptors (Lipinski definition) is 4. The lowest BCUT2D eigenvalue weighted by Gasteiger charge is -2.37. The number of aromatic nitrogens is 3. The Bertz CT molecular complexity index is 1130. The second-order valence-electron chi connectivity index (χ2n) is 8.26. The molecule has 0 spiro atoms. The van der Waals surface area contributed by atoms with Crippen LogP contribution in [-0.2, 0) is 4.79 Å². The van der Waals surface area contributed by atoms with Crippen LogP contribution in [0.2, 0.25) is 0 Å². The first kappa shape index (κ1) is 20.1. The molecule has 0 bridgehead atoms. The van der Waals surface area contributed by atoms with E-state index in [1.165, 1.54) is 0 Å². The van der Waals surface area contributed by atoms with E-state index in [2.05, 4.69) is 18.9 Å². The van der Waals surface area contributed by atoms with Crippen molar-refractivity contribution in [1.29, 1.82) is 0 Å². The van der Waals surface area contributed by atoms with Crippen LogP contribution < -0.4 is 0 Å². The lowest BCUT2D eigenvalue weighted by molar-refractivity contribution is -0.137. The van der Waals surface area contributed by atoms with Gasteiger partial charge < -0.3 is 9.80 Å². The quantitative estimate of drug-likeness (QED) is 0.670. The number of fused-ring (bicyclic) bond motifs is 1. The van der Waals surface area contributed by atoms with E-state index in [0.29, 0.717) is 24.3 Å². The fourth-order valence-corrected chi connectivity index (χ4v) is 3.92. The minimum Gasteiger partial charge on any atom is -0.342 e. The second kappa shape index (κ2) is 7.55. The maximum Gasteiger partial charge on any atom is 0.255 e. The third-order valence-electron chi connectivity index (χ3n) is 5.84. The molecular formula is C23H27N5O2. The molecule has 1 aliphatic rings. The third-order valence-corrected chi connectivity index (χ3v) is 5.84. The largest absolute Gasteiger partial charge is 0.342 e. The first-order valence-electron chi connectivity index (χ1n) is 10.3. The Morgan fingerprint density at radius 2 is 2.00 bits per heavy atom. The van der Waals surface area contributed by atoms with Gasteiger partial charge in [-0.3, -0.25) is 14.3 Å². The molecule has 1 aromatic carbocycles. The molecule has 3 aromatic rings. The molecule has 156 valence electrons. The zero-order chi connectivity index (χ0) is 21.6. The summed E-state index contributed by atoms with van der Waals surface area (Å²) in [5.41, 5.74) is 3.94. The van der Waals surface area contributed by atoms with Crippen molar-refractivity contribution in [2.75, 3.05) is 20.1 Å². The molecule has 1 fully saturated rings. The normalized spacial score (nSPS) is 17.3. The number of likely N-dealkylation sites (N-methyl/N-ethyl adjacent to an activating group) is 1. The monoisotopic (exact) mass is 405 g/mol. The van der Waals surface area contributed by atoms with Crippen LogP contribution in [0.4, 0.5) is 0 Å². The van der Waals surface area contributed by atoms with Crippen LogP contribution in [0.3, 0.4) is 0 Å². The van der Waals surface area contributed by atoms with Gasteiger partial charge in [-0.05, 0) is 39.3 Å². The van der Waals surface area contributed by atoms with Gasteiger partial charge in [0, 0.05) is 43.3 Å². The van der Waals surface area contributed by atoms with Gasteiger partial charge in [0.1, 0.15) is 6.04 Å². The van der Waals surface area contributed by atoms with E-state index in [1.54, 1.807) is 30.0 Å². The van der Waals surface area contributed by atoms with Gasteiger partial charge in [0.25, 0.3) is 5.91 Å². The molecule has 1 aliphatic heterocycles. The molecule has 7 nitrogen and oxygen atoms in total. The molecule has 0 radical (unpaired) electrons. The van der Waals surface area contributed by atoms with Crippen molar-refractivity contribution < 1.29 is 9.59 Å². The van der Waals surface area contributed by atoms with Crippen LogP contribution in [0.25, 0.3) is 22.2 Å². The summed E-state index contributed by atoms with van der Waals surface area (Å²) in [5.74, 6) is -0.179. The topological polar surface area (TPSA) is 71.3 Å². The number of amides is 2. The highest BCUT2D eigenvalue weighted by molar-refractivity contribution is 6.09. The molecule has 0 N–H and O–H groups in total. The number of pyridine rings is 1. The van der Waals surface area contributed by atoms with Gasteiger partial charge >= 0.3 is 0 Å². The van der Waals surface area contributed by atoms with Crippen molar-refractivity contribution >= 4 is 22.7 Å². The van der Waals surface area contributed by atoms with E-state index in [1.807, 2.05) is 42.1 Å². The van der Waals surface area contributed by atoms with Crippen LogP contribution >= 0.6 is 0 Å². The fraction of sp³-hybridized carbons (Fsp3) is 0.391. The Hall–Kier alpha value is -3.22. The summed E-state index contributed by atoms with van der Waals surface area (Å²) < 4.78 is 1.88. The Morgan fingerprint density at radius 1 is 1.23 bits per heavy atom. The summed E-state index contributed by atoms with van der Waals surface area (Å²) in [5, 5.41) is 5.22. The van der Waals surface area contributed by atoms with Gasteiger partial charge in [0.2, 0.25) is 5.91 Å². The number of para-hydroxylation sites is 1. The number of rotatable bonds is 3. The van der Waals surface area contributed by atoms with E-state index >= 15 is 0 Å². The zero-order valence-electron chi connectivity index (χ0n) is 18.1. The lowest BCUT2D eigenvalue weighted by atomic mass is 10.0. The van der Waals surface area contributed by atoms with Gasteiger partial charge in [-0.2, -0.15) is 5.10 Å². The van der Waals surface area contributed by atoms with Crippen molar-refractivity contribution in [3.63, 3.8) is 0 Å². The number of carbonyl (C=O) groups is 2. The number of nitrogens with zero attached hydrogens (tertiary/aromatic N) is 5. The number of hydrogen-bond donors (Lipinski definition) is 0. The highest BCUT2D eigenvalue weighted by Gasteiger charge is 2.34. The van der Waals surface area contributed by atoms with Gasteiger partial charge in [0.15, 0.2) is 0 Å². The Morgan fingerprint density at radius 3 is 2.70 bits per heavy atom. The van der Waals surface area contributed by atoms with Gasteiger partial charge in [-0.25, -0.2) is 4.98 Å². The summed E-state index contributed by atoms with van der Waals surface area (Å²) in [7, 11) is 1.77. The SMILES string of the molecule is Cc1cccc2c(C(=O)N3CCN(C)C(=O)[C@H]3C)cc(-c3cnn(C(C)C)c3)nc12. The second-order valence-corrected chi connectivity index (χ2v) is 8.26. The first-order valence-corrected chi connectivity index (χ1v) is 10.3. The van der Waals surface area contributed by atoms with Crippen molar-refractivity contribution in [1.82, 2.24) is 24.6 Å². The summed E-state index contributed by atoms with van der Waals surface area (Å²) in [4.78, 5) is 34.2. The average Bonchev–Trinajstić information content (AvgIpc) is 3.22. The van der Waals surface area contributed by atoms with Crippen LogP contribution in [0.1, 0.15) is 42.7 Å². The van der Waals surface area contributed by atoms with E-state index in [4.69, 9.17) is 4.98 Å². The van der Waals surface area contributed by atoms with E-state index in [9.17, 15) is 9.59 Å². The predicted octanol–water partition coefficient (Wildman–Crippen LogP) is 3.29. The molecule has 7 heteroatoms. The molecular weight excluding hydrogens is 378 g/mol. The Balaban J connectivity index is 1.85. The minimum absolute atomic E-state index is 0.0393. The standard InChI is InChI=1S/C23H27N5O2/c1-14(2)28-13-17(12-24-28)20-11-19(18-8-6-7-15(3)21(18)25-20)23(30)27-10-9-26(5)22(29)16(27)4/h6-8,11-14,16H,9-10H2,1-5H3/t16-/m1/s1. The zero-order valence-corrected chi connectivity index (χ0v) is 18.1.